The lowest BCUT2D eigenvalue weighted by Gasteiger charge is -2.43. The molecule has 2 aromatic rings. The molecule has 1 unspecified atom stereocenters. The Balaban J connectivity index is 1.68. The van der Waals surface area contributed by atoms with E-state index in [9.17, 15) is 9.90 Å². The first-order valence-corrected chi connectivity index (χ1v) is 12.2. The Hall–Kier alpha value is -2.81. The van der Waals surface area contributed by atoms with Crippen LogP contribution in [0.15, 0.2) is 28.8 Å². The highest BCUT2D eigenvalue weighted by Crippen LogP contribution is 2.50. The van der Waals surface area contributed by atoms with Gasteiger partial charge < -0.3 is 9.63 Å². The second kappa shape index (κ2) is 10.9. The molecule has 1 saturated heterocycles. The molecule has 1 aromatic heterocycles. The Bertz CT molecular complexity index is 979. The van der Waals surface area contributed by atoms with Gasteiger partial charge in [-0.1, -0.05) is 76.8 Å². The van der Waals surface area contributed by atoms with Crippen molar-refractivity contribution in [3.05, 3.63) is 35.7 Å². The van der Waals surface area contributed by atoms with Crippen LogP contribution in [-0.4, -0.2) is 32.8 Å². The third-order valence-electron chi connectivity index (χ3n) is 6.66. The summed E-state index contributed by atoms with van der Waals surface area (Å²) in [5.74, 6) is 7.34. The molecule has 6 nitrogen and oxygen atoms in total. The van der Waals surface area contributed by atoms with E-state index in [2.05, 4.69) is 28.9 Å². The fourth-order valence-corrected chi connectivity index (χ4v) is 4.77. The summed E-state index contributed by atoms with van der Waals surface area (Å²) in [5.41, 5.74) is 0.579. The van der Waals surface area contributed by atoms with Crippen molar-refractivity contribution in [1.29, 1.82) is 0 Å². The van der Waals surface area contributed by atoms with Gasteiger partial charge in [-0.2, -0.15) is 4.98 Å². The molecule has 0 saturated carbocycles. The summed E-state index contributed by atoms with van der Waals surface area (Å²) in [6.07, 6.45) is 9.06. The van der Waals surface area contributed by atoms with Gasteiger partial charge in [-0.3, -0.25) is 4.90 Å². The van der Waals surface area contributed by atoms with Crippen molar-refractivity contribution in [3.8, 4) is 23.2 Å². The normalized spacial score (nSPS) is 18.2. The molecule has 6 heteroatoms. The van der Waals surface area contributed by atoms with Crippen LogP contribution in [0.1, 0.15) is 96.9 Å². The van der Waals surface area contributed by atoms with E-state index in [0.29, 0.717) is 24.7 Å². The molecular formula is C27H37N3O3. The zero-order valence-electron chi connectivity index (χ0n) is 20.5. The summed E-state index contributed by atoms with van der Waals surface area (Å²) in [6, 6.07) is 7.82. The molecule has 1 amide bonds. The summed E-state index contributed by atoms with van der Waals surface area (Å²) in [4.78, 5) is 18.1. The van der Waals surface area contributed by atoms with Crippen LogP contribution in [0.5, 0.6) is 0 Å². The molecule has 1 aromatic carbocycles. The first-order chi connectivity index (χ1) is 15.8. The predicted molar refractivity (Wildman–Crippen MR) is 130 cm³/mol. The number of hydrogen-bond acceptors (Lipinski definition) is 4. The van der Waals surface area contributed by atoms with Crippen molar-refractivity contribution >= 4 is 6.09 Å². The highest BCUT2D eigenvalue weighted by Gasteiger charge is 2.57. The monoisotopic (exact) mass is 451 g/mol. The minimum absolute atomic E-state index is 0.368. The number of amides is 1. The van der Waals surface area contributed by atoms with Crippen molar-refractivity contribution in [3.63, 3.8) is 0 Å². The van der Waals surface area contributed by atoms with Gasteiger partial charge in [0.2, 0.25) is 5.82 Å². The van der Waals surface area contributed by atoms with Gasteiger partial charge >= 0.3 is 6.09 Å². The van der Waals surface area contributed by atoms with Crippen LogP contribution in [-0.2, 0) is 5.54 Å². The van der Waals surface area contributed by atoms with Gasteiger partial charge in [0, 0.05) is 24.1 Å². The lowest BCUT2D eigenvalue weighted by atomic mass is 9.71. The van der Waals surface area contributed by atoms with Gasteiger partial charge in [0.15, 0.2) is 0 Å². The first kappa shape index (κ1) is 24.8. The fourth-order valence-electron chi connectivity index (χ4n) is 4.77. The van der Waals surface area contributed by atoms with Crippen molar-refractivity contribution in [1.82, 2.24) is 15.0 Å². The van der Waals surface area contributed by atoms with Crippen molar-refractivity contribution in [2.75, 3.05) is 6.54 Å². The van der Waals surface area contributed by atoms with E-state index < -0.39 is 11.6 Å². The Morgan fingerprint density at radius 2 is 1.85 bits per heavy atom. The number of likely N-dealkylation sites (tertiary alicyclic amines) is 1. The second-order valence-corrected chi connectivity index (χ2v) is 9.97. The fraction of sp³-hybridized carbons (Fsp3) is 0.593. The smallest absolute Gasteiger partial charge is 0.408 e. The zero-order valence-corrected chi connectivity index (χ0v) is 20.5. The van der Waals surface area contributed by atoms with Gasteiger partial charge in [-0.05, 0) is 48.9 Å². The molecule has 1 atom stereocenters. The summed E-state index contributed by atoms with van der Waals surface area (Å²) in [7, 11) is 0. The van der Waals surface area contributed by atoms with E-state index in [4.69, 9.17) is 4.52 Å². The third-order valence-corrected chi connectivity index (χ3v) is 6.66. The number of aromatic nitrogens is 2. The number of carboxylic acid groups (broad SMARTS) is 1. The molecule has 1 aliphatic rings. The highest BCUT2D eigenvalue weighted by molar-refractivity contribution is 5.67. The zero-order chi connectivity index (χ0) is 23.9. The van der Waals surface area contributed by atoms with Gasteiger partial charge in [0.25, 0.3) is 5.89 Å². The number of unbranched alkanes of at least 4 members (excludes halogenated alkanes) is 6. The molecule has 1 aliphatic heterocycles. The Morgan fingerprint density at radius 3 is 2.52 bits per heavy atom. The molecule has 1 fully saturated rings. The van der Waals surface area contributed by atoms with Crippen LogP contribution in [0.25, 0.3) is 11.4 Å². The van der Waals surface area contributed by atoms with Gasteiger partial charge in [-0.25, -0.2) is 4.79 Å². The molecule has 0 bridgehead atoms. The summed E-state index contributed by atoms with van der Waals surface area (Å²) >= 11 is 0. The Labute approximate surface area is 197 Å². The quantitative estimate of drug-likeness (QED) is 0.350. The third kappa shape index (κ3) is 5.58. The summed E-state index contributed by atoms with van der Waals surface area (Å²) in [6.45, 7) is 8.78. The molecule has 1 N–H and O–H groups in total. The molecule has 3 rings (SSSR count). The predicted octanol–water partition coefficient (Wildman–Crippen LogP) is 6.85. The lowest BCUT2D eigenvalue weighted by molar-refractivity contribution is 0.00351. The molecular weight excluding hydrogens is 414 g/mol. The summed E-state index contributed by atoms with van der Waals surface area (Å²) < 4.78 is 5.68. The maximum absolute atomic E-state index is 12.0. The SMILES string of the molecule is CCCCCCCCC#Cc1ccc(-c2noc(C3(C(C)(C)C)CCCN3C(=O)O)n2)cc1. The Kier molecular flexibility index (Phi) is 8.18. The van der Waals surface area contributed by atoms with Crippen molar-refractivity contribution in [2.45, 2.75) is 91.0 Å². The standard InChI is InChI=1S/C27H37N3O3/c1-5-6-7-8-9-10-11-12-14-21-15-17-22(18-16-21)23-28-24(33-29-23)27(26(2,3)4)19-13-20-30(27)25(31)32/h15-18H,5-11,13,19-20H2,1-4H3,(H,31,32). The van der Waals surface area contributed by atoms with E-state index >= 15 is 0 Å². The van der Waals surface area contributed by atoms with E-state index in [0.717, 1.165) is 30.4 Å². The van der Waals surface area contributed by atoms with E-state index in [-0.39, 0.29) is 5.41 Å². The van der Waals surface area contributed by atoms with Crippen LogP contribution in [0.4, 0.5) is 4.79 Å². The van der Waals surface area contributed by atoms with E-state index in [1.165, 1.54) is 37.0 Å². The topological polar surface area (TPSA) is 79.5 Å². The minimum Gasteiger partial charge on any atom is -0.465 e. The number of rotatable bonds is 8. The van der Waals surface area contributed by atoms with Crippen molar-refractivity contribution in [2.24, 2.45) is 5.41 Å². The minimum atomic E-state index is -0.953. The maximum Gasteiger partial charge on any atom is 0.408 e. The summed E-state index contributed by atoms with van der Waals surface area (Å²) in [5, 5.41) is 14.0. The van der Waals surface area contributed by atoms with E-state index in [1.54, 1.807) is 0 Å². The molecule has 2 heterocycles. The van der Waals surface area contributed by atoms with E-state index in [1.807, 2.05) is 45.0 Å². The first-order valence-electron chi connectivity index (χ1n) is 12.2. The maximum atomic E-state index is 12.0. The van der Waals surface area contributed by atoms with Gasteiger partial charge in [0.05, 0.1) is 0 Å². The average Bonchev–Trinajstić information content (AvgIpc) is 3.44. The second-order valence-electron chi connectivity index (χ2n) is 9.97. The largest absolute Gasteiger partial charge is 0.465 e. The number of hydrogen-bond donors (Lipinski definition) is 1. The van der Waals surface area contributed by atoms with Crippen LogP contribution in [0.3, 0.4) is 0 Å². The highest BCUT2D eigenvalue weighted by atomic mass is 16.5. The molecule has 0 radical (unpaired) electrons. The van der Waals surface area contributed by atoms with Gasteiger partial charge in [-0.15, -0.1) is 0 Å². The van der Waals surface area contributed by atoms with Crippen LogP contribution >= 0.6 is 0 Å². The van der Waals surface area contributed by atoms with Gasteiger partial charge in [0.1, 0.15) is 5.54 Å². The Morgan fingerprint density at radius 1 is 1.15 bits per heavy atom. The average molecular weight is 452 g/mol. The number of carbonyl (C=O) groups is 1. The molecule has 0 aliphatic carbocycles. The molecule has 178 valence electrons. The molecule has 33 heavy (non-hydrogen) atoms. The van der Waals surface area contributed by atoms with Crippen LogP contribution < -0.4 is 0 Å². The number of nitrogens with zero attached hydrogens (tertiary/aromatic N) is 3. The van der Waals surface area contributed by atoms with Crippen LogP contribution in [0.2, 0.25) is 0 Å². The van der Waals surface area contributed by atoms with Crippen molar-refractivity contribution < 1.29 is 14.4 Å². The number of benzene rings is 1. The van der Waals surface area contributed by atoms with Crippen LogP contribution in [0, 0.1) is 17.3 Å². The lowest BCUT2D eigenvalue weighted by Crippen LogP contribution is -2.53. The molecule has 0 spiro atoms.